The van der Waals surface area contributed by atoms with Crippen molar-refractivity contribution in [2.24, 2.45) is 5.10 Å². The Kier molecular flexibility index (Phi) is 2.96. The molecule has 0 saturated carbocycles. The lowest BCUT2D eigenvalue weighted by molar-refractivity contribution is 0.258. The van der Waals surface area contributed by atoms with Crippen molar-refractivity contribution in [2.45, 2.75) is 0 Å². The van der Waals surface area contributed by atoms with Crippen LogP contribution >= 0.6 is 10.7 Å². The fourth-order valence-electron chi connectivity index (χ4n) is 1.24. The molecule has 2 rings (SSSR count). The van der Waals surface area contributed by atoms with E-state index in [1.165, 1.54) is 0 Å². The Morgan fingerprint density at radius 3 is 2.86 bits per heavy atom. The highest BCUT2D eigenvalue weighted by Gasteiger charge is 2.11. The number of methoxy groups -OCH3 is 1. The summed E-state index contributed by atoms with van der Waals surface area (Å²) in [6, 6.07) is 10.1. The van der Waals surface area contributed by atoms with Crippen LogP contribution in [0.2, 0.25) is 0 Å². The van der Waals surface area contributed by atoms with Crippen molar-refractivity contribution < 1.29 is 4.74 Å². The molecular weight excluding hydrogens is 196 g/mol. The van der Waals surface area contributed by atoms with Crippen molar-refractivity contribution in [1.82, 2.24) is 0 Å². The first-order chi connectivity index (χ1) is 6.92. The summed E-state index contributed by atoms with van der Waals surface area (Å²) in [6.45, 7) is 0. The van der Waals surface area contributed by atoms with Gasteiger partial charge in [-0.1, -0.05) is 18.2 Å². The van der Waals surface area contributed by atoms with Crippen LogP contribution in [0.1, 0.15) is 0 Å². The molecule has 14 heavy (non-hydrogen) atoms. The Morgan fingerprint density at radius 1 is 1.36 bits per heavy atom. The number of hydrogen-bond donors (Lipinski definition) is 0. The van der Waals surface area contributed by atoms with E-state index in [0.717, 1.165) is 5.69 Å². The number of ether oxygens (including phenoxy) is 1. The number of anilines is 1. The average Bonchev–Trinajstić information content (AvgIpc) is 2.68. The van der Waals surface area contributed by atoms with Gasteiger partial charge in [-0.2, -0.15) is 5.10 Å². The maximum absolute atomic E-state index is 5.14. The minimum atomic E-state index is -0.0522. The van der Waals surface area contributed by atoms with Gasteiger partial charge in [-0.15, -0.1) is 0 Å². The Labute approximate surface area is 86.1 Å². The quantitative estimate of drug-likeness (QED) is 0.710. The van der Waals surface area contributed by atoms with E-state index >= 15 is 0 Å². The third-order valence-corrected chi connectivity index (χ3v) is 3.49. The van der Waals surface area contributed by atoms with Gasteiger partial charge in [0.05, 0.1) is 11.9 Å². The Hall–Kier alpha value is -1.13. The number of para-hydroxylation sites is 1. The molecule has 1 aliphatic heterocycles. The number of rotatable bonds is 3. The second-order valence-electron chi connectivity index (χ2n) is 2.82. The van der Waals surface area contributed by atoms with Crippen LogP contribution in [0.3, 0.4) is 0 Å². The zero-order valence-electron chi connectivity index (χ0n) is 7.96. The summed E-state index contributed by atoms with van der Waals surface area (Å²) >= 11 is 0. The molecular formula is C10H12N2OS. The molecule has 74 valence electrons. The lowest BCUT2D eigenvalue weighted by Gasteiger charge is -2.18. The summed E-state index contributed by atoms with van der Waals surface area (Å²) in [5, 5.41) is 6.36. The van der Waals surface area contributed by atoms with Crippen LogP contribution in [0.15, 0.2) is 35.4 Å². The first kappa shape index (κ1) is 9.43. The van der Waals surface area contributed by atoms with Crippen molar-refractivity contribution in [3.05, 3.63) is 30.3 Å². The zero-order chi connectivity index (χ0) is 9.80. The molecule has 1 aliphatic rings. The molecule has 1 heterocycles. The van der Waals surface area contributed by atoms with Crippen molar-refractivity contribution in [1.29, 1.82) is 0 Å². The summed E-state index contributed by atoms with van der Waals surface area (Å²) in [5.41, 5.74) is 1.11. The largest absolute Gasteiger partial charge is 0.373 e. The van der Waals surface area contributed by atoms with E-state index in [1.54, 1.807) is 7.11 Å². The highest BCUT2D eigenvalue weighted by atomic mass is 32.2. The summed E-state index contributed by atoms with van der Waals surface area (Å²) in [7, 11) is 1.66. The molecule has 0 spiro atoms. The number of nitrogens with zero attached hydrogens (tertiary/aromatic N) is 2. The molecule has 0 saturated heterocycles. The van der Waals surface area contributed by atoms with Crippen LogP contribution in [0.4, 0.5) is 5.69 Å². The van der Waals surface area contributed by atoms with E-state index in [0.29, 0.717) is 5.94 Å². The highest BCUT2D eigenvalue weighted by molar-refractivity contribution is 8.17. The summed E-state index contributed by atoms with van der Waals surface area (Å²) in [6.07, 6.45) is 1.83. The van der Waals surface area contributed by atoms with Gasteiger partial charge < -0.3 is 4.74 Å². The highest BCUT2D eigenvalue weighted by Crippen LogP contribution is 2.29. The van der Waals surface area contributed by atoms with E-state index in [1.807, 2.05) is 41.0 Å². The molecule has 0 amide bonds. The maximum Gasteiger partial charge on any atom is 0.106 e. The lowest BCUT2D eigenvalue weighted by Crippen LogP contribution is -2.07. The summed E-state index contributed by atoms with van der Waals surface area (Å²) in [4.78, 5) is 0. The van der Waals surface area contributed by atoms with Crippen LogP contribution in [0, 0.1) is 0 Å². The number of hydrogen-bond acceptors (Lipinski definition) is 3. The van der Waals surface area contributed by atoms with Crippen LogP contribution in [-0.2, 0) is 4.74 Å². The molecule has 1 aromatic carbocycles. The first-order valence-electron chi connectivity index (χ1n) is 4.33. The minimum absolute atomic E-state index is 0.0522. The molecule has 0 radical (unpaired) electrons. The van der Waals surface area contributed by atoms with Crippen LogP contribution in [0.25, 0.3) is 0 Å². The second-order valence-corrected chi connectivity index (χ2v) is 4.47. The number of benzene rings is 1. The van der Waals surface area contributed by atoms with E-state index in [4.69, 9.17) is 4.74 Å². The lowest BCUT2D eigenvalue weighted by atomic mass is 10.3. The van der Waals surface area contributed by atoms with Gasteiger partial charge in [0.2, 0.25) is 0 Å². The standard InChI is InChI=1S/C10H12N2OS/c1-13-9-14-8-7-11-12(14)10-5-3-2-4-6-10/h2-8H,9H2,1H3. The van der Waals surface area contributed by atoms with Gasteiger partial charge >= 0.3 is 0 Å². The van der Waals surface area contributed by atoms with E-state index < -0.39 is 0 Å². The third-order valence-electron chi connectivity index (χ3n) is 1.83. The van der Waals surface area contributed by atoms with Crippen molar-refractivity contribution >= 4 is 27.9 Å². The smallest absolute Gasteiger partial charge is 0.106 e. The molecule has 0 aliphatic carbocycles. The SMILES string of the molecule is COCS1=CC=NN1c1ccccc1. The summed E-state index contributed by atoms with van der Waals surface area (Å²) in [5.74, 6) is 0.689. The third kappa shape index (κ3) is 1.86. The normalized spacial score (nSPS) is 19.8. The monoisotopic (exact) mass is 208 g/mol. The zero-order valence-corrected chi connectivity index (χ0v) is 8.78. The molecule has 4 heteroatoms. The molecule has 0 aromatic heterocycles. The van der Waals surface area contributed by atoms with Crippen LogP contribution < -0.4 is 4.41 Å². The molecule has 1 atom stereocenters. The molecule has 1 unspecified atom stereocenters. The summed E-state index contributed by atoms with van der Waals surface area (Å²) < 4.78 is 7.13. The van der Waals surface area contributed by atoms with Gasteiger partial charge in [0.25, 0.3) is 0 Å². The molecule has 1 aromatic rings. The van der Waals surface area contributed by atoms with Gasteiger partial charge in [0.1, 0.15) is 5.94 Å². The van der Waals surface area contributed by atoms with Crippen molar-refractivity contribution in [3.63, 3.8) is 0 Å². The second kappa shape index (κ2) is 4.39. The van der Waals surface area contributed by atoms with Gasteiger partial charge in [-0.05, 0) is 22.8 Å². The molecule has 0 N–H and O–H groups in total. The number of hydrazone groups is 1. The fourth-order valence-corrected chi connectivity index (χ4v) is 2.54. The molecule has 0 fully saturated rings. The predicted octanol–water partition coefficient (Wildman–Crippen LogP) is 2.08. The van der Waals surface area contributed by atoms with Crippen molar-refractivity contribution in [2.75, 3.05) is 17.5 Å². The van der Waals surface area contributed by atoms with E-state index in [2.05, 4.69) is 10.5 Å². The topological polar surface area (TPSA) is 24.8 Å². The molecule has 3 nitrogen and oxygen atoms in total. The maximum atomic E-state index is 5.14. The Morgan fingerprint density at radius 2 is 2.14 bits per heavy atom. The fraction of sp³-hybridized carbons (Fsp3) is 0.200. The van der Waals surface area contributed by atoms with Gasteiger partial charge in [0, 0.05) is 12.5 Å². The van der Waals surface area contributed by atoms with Gasteiger partial charge in [0.15, 0.2) is 0 Å². The van der Waals surface area contributed by atoms with E-state index in [9.17, 15) is 0 Å². The Balaban J connectivity index is 2.20. The Bertz CT molecular complexity index is 362. The van der Waals surface area contributed by atoms with Gasteiger partial charge in [-0.25, -0.2) is 4.41 Å². The first-order valence-corrected chi connectivity index (χ1v) is 5.74. The molecule has 0 bridgehead atoms. The average molecular weight is 208 g/mol. The van der Waals surface area contributed by atoms with Crippen LogP contribution in [-0.4, -0.2) is 24.6 Å². The van der Waals surface area contributed by atoms with Crippen LogP contribution in [0.5, 0.6) is 0 Å². The van der Waals surface area contributed by atoms with E-state index in [-0.39, 0.29) is 10.7 Å². The predicted molar refractivity (Wildman–Crippen MR) is 62.9 cm³/mol. The minimum Gasteiger partial charge on any atom is -0.373 e. The van der Waals surface area contributed by atoms with Crippen molar-refractivity contribution in [3.8, 4) is 0 Å². The van der Waals surface area contributed by atoms with Gasteiger partial charge in [-0.3, -0.25) is 0 Å².